The van der Waals surface area contributed by atoms with E-state index in [1.54, 1.807) is 30.3 Å². The zero-order chi connectivity index (χ0) is 23.1. The first-order chi connectivity index (χ1) is 15.3. The van der Waals surface area contributed by atoms with Gasteiger partial charge in [0, 0.05) is 16.9 Å². The van der Waals surface area contributed by atoms with Crippen LogP contribution in [0.25, 0.3) is 10.8 Å². The van der Waals surface area contributed by atoms with Crippen LogP contribution in [0.15, 0.2) is 78.9 Å². The second-order valence-electron chi connectivity index (χ2n) is 8.30. The van der Waals surface area contributed by atoms with Gasteiger partial charge in [-0.2, -0.15) is 0 Å². The summed E-state index contributed by atoms with van der Waals surface area (Å²) in [6.07, 6.45) is 2.60. The molecule has 0 aliphatic carbocycles. The molecule has 0 aliphatic heterocycles. The van der Waals surface area contributed by atoms with E-state index in [1.165, 1.54) is 0 Å². The molecule has 0 unspecified atom stereocenters. The Morgan fingerprint density at radius 3 is 2.44 bits per heavy atom. The maximum absolute atomic E-state index is 12.9. The number of phenols is 1. The number of nitrogens with one attached hydrogen (secondary N) is 1. The summed E-state index contributed by atoms with van der Waals surface area (Å²) < 4.78 is 5.90. The maximum Gasteiger partial charge on any atom is 0.412 e. The number of carboxylic acids is 1. The standard InChI is InChI=1S/C26H27NO5/c1-26(2,17-6-5-12-23(29)30)24(19-13-15-20(28)16-14-19)32-25(31)27-22-11-7-9-18-8-3-4-10-21(18)22/h3-5,7-16,24,28H,6,17H2,1-2H3,(H,27,31)(H,29,30)/b12-5+/t24-/m1/s1. The number of anilines is 1. The Morgan fingerprint density at radius 2 is 1.72 bits per heavy atom. The third kappa shape index (κ3) is 5.88. The number of fused-ring (bicyclic) bond motifs is 1. The van der Waals surface area contributed by atoms with E-state index in [0.717, 1.165) is 22.4 Å². The number of carbonyl (C=O) groups is 2. The van der Waals surface area contributed by atoms with Crippen LogP contribution in [0.3, 0.4) is 0 Å². The molecule has 3 N–H and O–H groups in total. The summed E-state index contributed by atoms with van der Waals surface area (Å²) in [7, 11) is 0. The minimum Gasteiger partial charge on any atom is -0.508 e. The van der Waals surface area contributed by atoms with Crippen molar-refractivity contribution in [2.75, 3.05) is 5.32 Å². The number of carbonyl (C=O) groups excluding carboxylic acids is 1. The van der Waals surface area contributed by atoms with Gasteiger partial charge in [0.1, 0.15) is 11.9 Å². The highest BCUT2D eigenvalue weighted by Gasteiger charge is 2.34. The lowest BCUT2D eigenvalue weighted by molar-refractivity contribution is -0.131. The Bertz CT molecular complexity index is 1110. The predicted molar refractivity (Wildman–Crippen MR) is 125 cm³/mol. The highest BCUT2D eigenvalue weighted by atomic mass is 16.6. The van der Waals surface area contributed by atoms with E-state index in [2.05, 4.69) is 5.32 Å². The maximum atomic E-state index is 12.9. The van der Waals surface area contributed by atoms with Crippen molar-refractivity contribution in [2.24, 2.45) is 5.41 Å². The third-order valence-corrected chi connectivity index (χ3v) is 5.37. The van der Waals surface area contributed by atoms with Crippen LogP contribution in [0.4, 0.5) is 10.5 Å². The molecule has 3 aromatic rings. The zero-order valence-electron chi connectivity index (χ0n) is 18.1. The molecule has 3 aromatic carbocycles. The van der Waals surface area contributed by atoms with Crippen LogP contribution < -0.4 is 5.32 Å². The number of amides is 1. The van der Waals surface area contributed by atoms with Gasteiger partial charge in [0.05, 0.1) is 5.69 Å². The molecule has 3 rings (SSSR count). The van der Waals surface area contributed by atoms with Crippen LogP contribution in [0.1, 0.15) is 38.4 Å². The van der Waals surface area contributed by atoms with Crippen molar-refractivity contribution in [2.45, 2.75) is 32.8 Å². The summed E-state index contributed by atoms with van der Waals surface area (Å²) in [5, 5.41) is 23.2. The summed E-state index contributed by atoms with van der Waals surface area (Å²) in [6.45, 7) is 3.93. The second-order valence-corrected chi connectivity index (χ2v) is 8.30. The first-order valence-corrected chi connectivity index (χ1v) is 10.4. The van der Waals surface area contributed by atoms with Gasteiger partial charge in [-0.05, 0) is 42.0 Å². The molecule has 1 amide bonds. The Labute approximate surface area is 187 Å². The number of phenolic OH excluding ortho intramolecular Hbond substituents is 1. The molecule has 0 heterocycles. The summed E-state index contributed by atoms with van der Waals surface area (Å²) in [5.41, 5.74) is 0.887. The lowest BCUT2D eigenvalue weighted by atomic mass is 9.78. The fourth-order valence-corrected chi connectivity index (χ4v) is 3.68. The van der Waals surface area contributed by atoms with E-state index in [0.29, 0.717) is 18.5 Å². The van der Waals surface area contributed by atoms with Gasteiger partial charge >= 0.3 is 12.1 Å². The van der Waals surface area contributed by atoms with Gasteiger partial charge in [0.15, 0.2) is 0 Å². The lowest BCUT2D eigenvalue weighted by Gasteiger charge is -2.34. The molecule has 166 valence electrons. The van der Waals surface area contributed by atoms with Crippen LogP contribution in [0.2, 0.25) is 0 Å². The smallest absolute Gasteiger partial charge is 0.412 e. The quantitative estimate of drug-likeness (QED) is 0.363. The van der Waals surface area contributed by atoms with E-state index in [9.17, 15) is 14.7 Å². The van der Waals surface area contributed by atoms with Crippen molar-refractivity contribution in [3.05, 3.63) is 84.4 Å². The fourth-order valence-electron chi connectivity index (χ4n) is 3.68. The summed E-state index contributed by atoms with van der Waals surface area (Å²) in [5.74, 6) is -0.876. The fraction of sp³-hybridized carbons (Fsp3) is 0.231. The van der Waals surface area contributed by atoms with Crippen molar-refractivity contribution in [3.63, 3.8) is 0 Å². The first kappa shape index (κ1) is 22.9. The summed E-state index contributed by atoms with van der Waals surface area (Å²) in [4.78, 5) is 23.6. The molecule has 0 saturated carbocycles. The van der Waals surface area contributed by atoms with Gasteiger partial charge in [-0.1, -0.05) is 68.5 Å². The van der Waals surface area contributed by atoms with Crippen molar-refractivity contribution in [1.29, 1.82) is 0 Å². The van der Waals surface area contributed by atoms with Gasteiger partial charge in [-0.25, -0.2) is 9.59 Å². The van der Waals surface area contributed by atoms with Crippen LogP contribution >= 0.6 is 0 Å². The van der Waals surface area contributed by atoms with Crippen LogP contribution in [-0.4, -0.2) is 22.3 Å². The first-order valence-electron chi connectivity index (χ1n) is 10.4. The Hall–Kier alpha value is -3.80. The molecule has 0 bridgehead atoms. The molecule has 0 aliphatic rings. The molecule has 32 heavy (non-hydrogen) atoms. The molecular formula is C26H27NO5. The number of aromatic hydroxyl groups is 1. The number of carboxylic acid groups (broad SMARTS) is 1. The van der Waals surface area contributed by atoms with E-state index >= 15 is 0 Å². The van der Waals surface area contributed by atoms with Gasteiger partial charge < -0.3 is 14.9 Å². The third-order valence-electron chi connectivity index (χ3n) is 5.37. The largest absolute Gasteiger partial charge is 0.508 e. The molecule has 1 atom stereocenters. The van der Waals surface area contributed by atoms with Crippen molar-refractivity contribution in [1.82, 2.24) is 0 Å². The van der Waals surface area contributed by atoms with Crippen LogP contribution in [0.5, 0.6) is 5.75 Å². The number of benzene rings is 3. The Morgan fingerprint density at radius 1 is 1.03 bits per heavy atom. The minimum atomic E-state index is -0.997. The number of hydrogen-bond donors (Lipinski definition) is 3. The second kappa shape index (κ2) is 10.0. The summed E-state index contributed by atoms with van der Waals surface area (Å²) >= 11 is 0. The lowest BCUT2D eigenvalue weighted by Crippen LogP contribution is -2.29. The molecular weight excluding hydrogens is 406 g/mol. The van der Waals surface area contributed by atoms with Crippen LogP contribution in [0, 0.1) is 5.41 Å². The Kier molecular flexibility index (Phi) is 7.15. The molecule has 0 radical (unpaired) electrons. The highest BCUT2D eigenvalue weighted by molar-refractivity contribution is 6.00. The van der Waals surface area contributed by atoms with E-state index in [1.807, 2.05) is 56.3 Å². The summed E-state index contributed by atoms with van der Waals surface area (Å²) in [6, 6.07) is 20.0. The van der Waals surface area contributed by atoms with Gasteiger partial charge in [0.25, 0.3) is 0 Å². The van der Waals surface area contributed by atoms with Gasteiger partial charge in [-0.15, -0.1) is 0 Å². The van der Waals surface area contributed by atoms with Gasteiger partial charge in [0.2, 0.25) is 0 Å². The molecule has 0 saturated heterocycles. The normalized spacial score (nSPS) is 12.6. The highest BCUT2D eigenvalue weighted by Crippen LogP contribution is 2.41. The van der Waals surface area contributed by atoms with E-state index < -0.39 is 23.6 Å². The average Bonchev–Trinajstić information content (AvgIpc) is 2.76. The molecule has 6 heteroatoms. The topological polar surface area (TPSA) is 95.9 Å². The van der Waals surface area contributed by atoms with Crippen molar-refractivity contribution >= 4 is 28.5 Å². The predicted octanol–water partition coefficient (Wildman–Crippen LogP) is 6.28. The molecule has 0 fully saturated rings. The minimum absolute atomic E-state index is 0.120. The molecule has 6 nitrogen and oxygen atoms in total. The number of allylic oxidation sites excluding steroid dienone is 1. The number of aliphatic carboxylic acids is 1. The zero-order valence-corrected chi connectivity index (χ0v) is 18.1. The van der Waals surface area contributed by atoms with Crippen LogP contribution in [-0.2, 0) is 9.53 Å². The Balaban J connectivity index is 1.82. The average molecular weight is 434 g/mol. The molecule has 0 aromatic heterocycles. The van der Waals surface area contributed by atoms with Crippen molar-refractivity contribution < 1.29 is 24.5 Å². The molecule has 0 spiro atoms. The number of rotatable bonds is 8. The van der Waals surface area contributed by atoms with E-state index in [-0.39, 0.29) is 5.75 Å². The monoisotopic (exact) mass is 433 g/mol. The number of hydrogen-bond acceptors (Lipinski definition) is 4. The van der Waals surface area contributed by atoms with Crippen molar-refractivity contribution in [3.8, 4) is 5.75 Å². The van der Waals surface area contributed by atoms with Gasteiger partial charge in [-0.3, -0.25) is 5.32 Å². The number of ether oxygens (including phenoxy) is 1. The van der Waals surface area contributed by atoms with E-state index in [4.69, 9.17) is 9.84 Å². The SMILES string of the molecule is CC(C)(CC/C=C/C(=O)O)[C@H](OC(=O)Nc1cccc2ccccc12)c1ccc(O)cc1.